The minimum Gasteiger partial charge on any atom is -0.362 e. The van der Waals surface area contributed by atoms with Gasteiger partial charge in [-0.15, -0.1) is 0 Å². The topological polar surface area (TPSA) is 104 Å². The highest BCUT2D eigenvalue weighted by Gasteiger charge is 2.30. The first-order valence-corrected chi connectivity index (χ1v) is 12.6. The zero-order valence-electron chi connectivity index (χ0n) is 18.6. The first-order chi connectivity index (χ1) is 15.8. The number of nitrogens with zero attached hydrogens (tertiary/aromatic N) is 4. The molecular formula is C23H28N4O5S. The number of sulfonamides is 1. The fourth-order valence-corrected chi connectivity index (χ4v) is 6.24. The van der Waals surface area contributed by atoms with Crippen molar-refractivity contribution in [3.8, 4) is 0 Å². The fraction of sp³-hybridized carbons (Fsp3) is 0.435. The molecule has 2 aromatic rings. The number of piperazine rings is 1. The fourth-order valence-electron chi connectivity index (χ4n) is 4.47. The Morgan fingerprint density at radius 1 is 0.939 bits per heavy atom. The summed E-state index contributed by atoms with van der Waals surface area (Å²) in [6, 6.07) is 11.4. The molecule has 0 bridgehead atoms. The molecule has 33 heavy (non-hydrogen) atoms. The number of aryl methyl sites for hydroxylation is 1. The average molecular weight is 473 g/mol. The van der Waals surface area contributed by atoms with Gasteiger partial charge >= 0.3 is 0 Å². The molecule has 2 aliphatic heterocycles. The van der Waals surface area contributed by atoms with Crippen LogP contribution in [-0.4, -0.2) is 67.7 Å². The third-order valence-electron chi connectivity index (χ3n) is 6.35. The summed E-state index contributed by atoms with van der Waals surface area (Å²) in [4.78, 5) is 27.9. The zero-order chi connectivity index (χ0) is 23.6. The second-order valence-corrected chi connectivity index (χ2v) is 10.4. The lowest BCUT2D eigenvalue weighted by Gasteiger charge is -2.36. The van der Waals surface area contributed by atoms with Crippen molar-refractivity contribution in [2.24, 2.45) is 0 Å². The largest absolute Gasteiger partial charge is 0.362 e. The summed E-state index contributed by atoms with van der Waals surface area (Å²) >= 11 is 0. The second-order valence-electron chi connectivity index (χ2n) is 8.47. The molecule has 0 atom stereocenters. The number of piperidine rings is 1. The Kier molecular flexibility index (Phi) is 6.66. The number of hydrogen-bond donors (Lipinski definition) is 0. The van der Waals surface area contributed by atoms with Crippen LogP contribution >= 0.6 is 0 Å². The molecule has 2 saturated heterocycles. The standard InChI is InChI=1S/C23H28N4O5S/c1-18-9-10-19(17-22(18)33(31,32)26-11-5-2-6-12-26)23(28)25-15-13-24(14-16-25)20-7-3-4-8-21(20)27(29)30/h3-4,7-10,17H,2,5-6,11-16H2,1H3. The predicted octanol–water partition coefficient (Wildman–Crippen LogP) is 3.04. The van der Waals surface area contributed by atoms with E-state index in [1.54, 1.807) is 42.2 Å². The van der Waals surface area contributed by atoms with Gasteiger partial charge in [0, 0.05) is 50.9 Å². The highest BCUT2D eigenvalue weighted by molar-refractivity contribution is 7.89. The van der Waals surface area contributed by atoms with Gasteiger partial charge in [0.15, 0.2) is 0 Å². The summed E-state index contributed by atoms with van der Waals surface area (Å²) < 4.78 is 27.9. The number of nitro benzene ring substituents is 1. The lowest BCUT2D eigenvalue weighted by atomic mass is 10.1. The van der Waals surface area contributed by atoms with E-state index in [-0.39, 0.29) is 16.5 Å². The number of carbonyl (C=O) groups is 1. The Bertz CT molecular complexity index is 1150. The smallest absolute Gasteiger partial charge is 0.292 e. The van der Waals surface area contributed by atoms with Gasteiger partial charge in [0.05, 0.1) is 9.82 Å². The molecule has 0 N–H and O–H groups in total. The Morgan fingerprint density at radius 3 is 2.27 bits per heavy atom. The van der Waals surface area contributed by atoms with Gasteiger partial charge < -0.3 is 9.80 Å². The van der Waals surface area contributed by atoms with E-state index in [1.807, 2.05) is 4.90 Å². The first-order valence-electron chi connectivity index (χ1n) is 11.2. The van der Waals surface area contributed by atoms with E-state index in [4.69, 9.17) is 0 Å². The molecule has 0 saturated carbocycles. The van der Waals surface area contributed by atoms with Gasteiger partial charge in [-0.05, 0) is 43.5 Å². The van der Waals surface area contributed by atoms with Crippen molar-refractivity contribution in [2.45, 2.75) is 31.1 Å². The van der Waals surface area contributed by atoms with Gasteiger partial charge in [0.25, 0.3) is 11.6 Å². The Balaban J connectivity index is 1.50. The van der Waals surface area contributed by atoms with Gasteiger partial charge in [0.1, 0.15) is 5.69 Å². The van der Waals surface area contributed by atoms with E-state index in [2.05, 4.69) is 0 Å². The van der Waals surface area contributed by atoms with Gasteiger partial charge in [-0.1, -0.05) is 24.6 Å². The normalized spacial score (nSPS) is 17.7. The Labute approximate surface area is 193 Å². The molecule has 176 valence electrons. The summed E-state index contributed by atoms with van der Waals surface area (Å²) in [6.45, 7) is 4.47. The van der Waals surface area contributed by atoms with E-state index in [0.29, 0.717) is 56.1 Å². The minimum atomic E-state index is -3.65. The number of anilines is 1. The lowest BCUT2D eigenvalue weighted by Crippen LogP contribution is -2.49. The van der Waals surface area contributed by atoms with Crippen LogP contribution in [0.3, 0.4) is 0 Å². The Morgan fingerprint density at radius 2 is 1.61 bits per heavy atom. The summed E-state index contributed by atoms with van der Waals surface area (Å²) in [5, 5.41) is 11.3. The summed E-state index contributed by atoms with van der Waals surface area (Å²) in [5.41, 5.74) is 1.55. The maximum Gasteiger partial charge on any atom is 0.292 e. The molecule has 0 aliphatic carbocycles. The van der Waals surface area contributed by atoms with Crippen LogP contribution < -0.4 is 4.90 Å². The molecule has 4 rings (SSSR count). The van der Waals surface area contributed by atoms with E-state index in [9.17, 15) is 23.3 Å². The van der Waals surface area contributed by atoms with Crippen molar-refractivity contribution >= 4 is 27.3 Å². The molecule has 2 aromatic carbocycles. The lowest BCUT2D eigenvalue weighted by molar-refractivity contribution is -0.384. The van der Waals surface area contributed by atoms with E-state index in [1.165, 1.54) is 16.4 Å². The predicted molar refractivity (Wildman–Crippen MR) is 125 cm³/mol. The van der Waals surface area contributed by atoms with Gasteiger partial charge in [-0.25, -0.2) is 8.42 Å². The van der Waals surface area contributed by atoms with Crippen molar-refractivity contribution in [2.75, 3.05) is 44.2 Å². The average Bonchev–Trinajstić information content (AvgIpc) is 2.84. The van der Waals surface area contributed by atoms with Crippen LogP contribution in [0.15, 0.2) is 47.4 Å². The maximum absolute atomic E-state index is 13.2. The minimum absolute atomic E-state index is 0.0448. The van der Waals surface area contributed by atoms with Gasteiger partial charge in [-0.2, -0.15) is 4.31 Å². The molecule has 0 unspecified atom stereocenters. The second kappa shape index (κ2) is 9.48. The van der Waals surface area contributed by atoms with Crippen LogP contribution in [0.4, 0.5) is 11.4 Å². The number of nitro groups is 1. The quantitative estimate of drug-likeness (QED) is 0.489. The molecule has 0 aromatic heterocycles. The molecule has 2 aliphatic rings. The molecule has 0 spiro atoms. The van der Waals surface area contributed by atoms with E-state index in [0.717, 1.165) is 19.3 Å². The van der Waals surface area contributed by atoms with Crippen molar-refractivity contribution in [1.29, 1.82) is 0 Å². The van der Waals surface area contributed by atoms with Crippen molar-refractivity contribution in [1.82, 2.24) is 9.21 Å². The highest BCUT2D eigenvalue weighted by Crippen LogP contribution is 2.29. The number of benzene rings is 2. The number of hydrogen-bond acceptors (Lipinski definition) is 6. The third-order valence-corrected chi connectivity index (χ3v) is 8.39. The number of rotatable bonds is 5. The van der Waals surface area contributed by atoms with Crippen molar-refractivity contribution < 1.29 is 18.1 Å². The zero-order valence-corrected chi connectivity index (χ0v) is 19.5. The number of para-hydroxylation sites is 2. The van der Waals surface area contributed by atoms with Crippen LogP contribution in [0.5, 0.6) is 0 Å². The van der Waals surface area contributed by atoms with Crippen LogP contribution in [0.25, 0.3) is 0 Å². The van der Waals surface area contributed by atoms with E-state index < -0.39 is 14.9 Å². The van der Waals surface area contributed by atoms with Crippen LogP contribution in [0.1, 0.15) is 35.2 Å². The van der Waals surface area contributed by atoms with Gasteiger partial charge in [0.2, 0.25) is 10.0 Å². The molecule has 1 amide bonds. The summed E-state index contributed by atoms with van der Waals surface area (Å²) in [7, 11) is -3.65. The molecule has 9 nitrogen and oxygen atoms in total. The molecule has 10 heteroatoms. The summed E-state index contributed by atoms with van der Waals surface area (Å²) in [5.74, 6) is -0.229. The van der Waals surface area contributed by atoms with Crippen molar-refractivity contribution in [3.63, 3.8) is 0 Å². The third kappa shape index (κ3) is 4.72. The maximum atomic E-state index is 13.2. The van der Waals surface area contributed by atoms with Gasteiger partial charge in [-0.3, -0.25) is 14.9 Å². The van der Waals surface area contributed by atoms with Crippen LogP contribution in [-0.2, 0) is 10.0 Å². The Hall–Kier alpha value is -2.98. The number of carbonyl (C=O) groups excluding carboxylic acids is 1. The van der Waals surface area contributed by atoms with Crippen LogP contribution in [0.2, 0.25) is 0 Å². The molecule has 0 radical (unpaired) electrons. The monoisotopic (exact) mass is 472 g/mol. The molecule has 2 heterocycles. The van der Waals surface area contributed by atoms with Crippen LogP contribution in [0, 0.1) is 17.0 Å². The molecule has 2 fully saturated rings. The molecular weight excluding hydrogens is 444 g/mol. The number of amides is 1. The van der Waals surface area contributed by atoms with Crippen molar-refractivity contribution in [3.05, 3.63) is 63.7 Å². The SMILES string of the molecule is Cc1ccc(C(=O)N2CCN(c3ccccc3[N+](=O)[O-])CC2)cc1S(=O)(=O)N1CCCCC1. The summed E-state index contributed by atoms with van der Waals surface area (Å²) in [6.07, 6.45) is 2.73. The van der Waals surface area contributed by atoms with E-state index >= 15 is 0 Å². The highest BCUT2D eigenvalue weighted by atomic mass is 32.2. The first kappa shape index (κ1) is 23.2.